The first kappa shape index (κ1) is 15.0. The molecule has 1 aromatic rings. The van der Waals surface area contributed by atoms with E-state index in [0.29, 0.717) is 6.61 Å². The molecule has 1 unspecified atom stereocenters. The topological polar surface area (TPSA) is 41.5 Å². The average molecular weight is 251 g/mol. The molecule has 1 atom stereocenters. The van der Waals surface area contributed by atoms with E-state index in [2.05, 4.69) is 45.1 Å². The van der Waals surface area contributed by atoms with Crippen molar-refractivity contribution in [3.8, 4) is 5.75 Å². The number of likely N-dealkylation sites (N-methyl/N-ethyl adjacent to an activating group) is 1. The Labute approximate surface area is 110 Å². The fraction of sp³-hybridized carbons (Fsp3) is 0.600. The maximum atomic E-state index is 9.01. The predicted octanol–water partition coefficient (Wildman–Crippen LogP) is 2.35. The van der Waals surface area contributed by atoms with Crippen LogP contribution in [0.3, 0.4) is 0 Å². The van der Waals surface area contributed by atoms with E-state index in [9.17, 15) is 0 Å². The molecule has 18 heavy (non-hydrogen) atoms. The van der Waals surface area contributed by atoms with Gasteiger partial charge in [0.05, 0.1) is 0 Å². The van der Waals surface area contributed by atoms with Crippen LogP contribution in [0.2, 0.25) is 0 Å². The minimum absolute atomic E-state index is 0.187. The van der Waals surface area contributed by atoms with Gasteiger partial charge in [-0.3, -0.25) is 0 Å². The van der Waals surface area contributed by atoms with Crippen LogP contribution in [0.25, 0.3) is 0 Å². The zero-order valence-corrected chi connectivity index (χ0v) is 11.9. The van der Waals surface area contributed by atoms with Crippen molar-refractivity contribution < 1.29 is 9.84 Å². The number of benzene rings is 1. The summed E-state index contributed by atoms with van der Waals surface area (Å²) in [5.41, 5.74) is 3.67. The SMILES string of the molecule is CCNC(CCO)COc1cc(C)cc(C)c1C. The lowest BCUT2D eigenvalue weighted by molar-refractivity contribution is 0.214. The molecule has 1 rings (SSSR count). The summed E-state index contributed by atoms with van der Waals surface area (Å²) >= 11 is 0. The van der Waals surface area contributed by atoms with Gasteiger partial charge in [-0.1, -0.05) is 13.0 Å². The van der Waals surface area contributed by atoms with E-state index in [-0.39, 0.29) is 12.6 Å². The number of hydrogen-bond acceptors (Lipinski definition) is 3. The first-order valence-corrected chi connectivity index (χ1v) is 6.63. The van der Waals surface area contributed by atoms with Gasteiger partial charge in [-0.15, -0.1) is 0 Å². The van der Waals surface area contributed by atoms with Crippen molar-refractivity contribution in [3.05, 3.63) is 28.8 Å². The molecule has 0 bridgehead atoms. The van der Waals surface area contributed by atoms with Gasteiger partial charge in [-0.2, -0.15) is 0 Å². The van der Waals surface area contributed by atoms with Crippen LogP contribution in [0.15, 0.2) is 12.1 Å². The number of aliphatic hydroxyl groups is 1. The number of hydrogen-bond donors (Lipinski definition) is 2. The van der Waals surface area contributed by atoms with Gasteiger partial charge >= 0.3 is 0 Å². The Kier molecular flexibility index (Phi) is 6.16. The molecule has 0 aliphatic heterocycles. The zero-order chi connectivity index (χ0) is 13.5. The molecule has 0 spiro atoms. The normalized spacial score (nSPS) is 12.5. The zero-order valence-electron chi connectivity index (χ0n) is 11.9. The Morgan fingerprint density at radius 1 is 1.28 bits per heavy atom. The number of nitrogens with one attached hydrogen (secondary N) is 1. The molecule has 2 N–H and O–H groups in total. The molecule has 0 fully saturated rings. The third kappa shape index (κ3) is 4.31. The molecular weight excluding hydrogens is 226 g/mol. The minimum atomic E-state index is 0.187. The van der Waals surface area contributed by atoms with E-state index in [4.69, 9.17) is 9.84 Å². The van der Waals surface area contributed by atoms with Gasteiger partial charge in [0.1, 0.15) is 12.4 Å². The Morgan fingerprint density at radius 3 is 2.61 bits per heavy atom. The lowest BCUT2D eigenvalue weighted by Gasteiger charge is -2.19. The maximum Gasteiger partial charge on any atom is 0.122 e. The van der Waals surface area contributed by atoms with Gasteiger partial charge in [0, 0.05) is 12.6 Å². The molecule has 0 aliphatic carbocycles. The second kappa shape index (κ2) is 7.39. The third-order valence-electron chi connectivity index (χ3n) is 3.17. The fourth-order valence-electron chi connectivity index (χ4n) is 2.03. The van der Waals surface area contributed by atoms with E-state index in [0.717, 1.165) is 18.7 Å². The van der Waals surface area contributed by atoms with Crippen molar-refractivity contribution in [3.63, 3.8) is 0 Å². The van der Waals surface area contributed by atoms with Crippen molar-refractivity contribution >= 4 is 0 Å². The lowest BCUT2D eigenvalue weighted by atomic mass is 10.1. The highest BCUT2D eigenvalue weighted by Crippen LogP contribution is 2.23. The summed E-state index contributed by atoms with van der Waals surface area (Å²) in [4.78, 5) is 0. The summed E-state index contributed by atoms with van der Waals surface area (Å²) in [5, 5.41) is 12.3. The van der Waals surface area contributed by atoms with Gasteiger partial charge in [0.25, 0.3) is 0 Å². The highest BCUT2D eigenvalue weighted by Gasteiger charge is 2.09. The molecule has 0 saturated carbocycles. The Balaban J connectivity index is 2.66. The molecule has 3 nitrogen and oxygen atoms in total. The summed E-state index contributed by atoms with van der Waals surface area (Å²) in [5.74, 6) is 0.952. The number of rotatable bonds is 7. The van der Waals surface area contributed by atoms with Gasteiger partial charge in [-0.25, -0.2) is 0 Å². The molecule has 1 aromatic carbocycles. The second-order valence-corrected chi connectivity index (χ2v) is 4.78. The van der Waals surface area contributed by atoms with E-state index in [1.807, 2.05) is 0 Å². The van der Waals surface area contributed by atoms with Crippen LogP contribution in [0.4, 0.5) is 0 Å². The van der Waals surface area contributed by atoms with Crippen molar-refractivity contribution in [2.75, 3.05) is 19.8 Å². The maximum absolute atomic E-state index is 9.01. The Hall–Kier alpha value is -1.06. The largest absolute Gasteiger partial charge is 0.492 e. The molecule has 0 amide bonds. The number of aryl methyl sites for hydroxylation is 2. The molecule has 0 aromatic heterocycles. The van der Waals surface area contributed by atoms with Crippen LogP contribution in [0.5, 0.6) is 5.75 Å². The molecule has 0 saturated heterocycles. The van der Waals surface area contributed by atoms with Crippen molar-refractivity contribution in [1.82, 2.24) is 5.32 Å². The van der Waals surface area contributed by atoms with E-state index >= 15 is 0 Å². The molecule has 102 valence electrons. The van der Waals surface area contributed by atoms with E-state index in [1.165, 1.54) is 16.7 Å². The van der Waals surface area contributed by atoms with Gasteiger partial charge in [-0.05, 0) is 56.5 Å². The third-order valence-corrected chi connectivity index (χ3v) is 3.17. The fourth-order valence-corrected chi connectivity index (χ4v) is 2.03. The average Bonchev–Trinajstić information content (AvgIpc) is 2.32. The summed E-state index contributed by atoms with van der Waals surface area (Å²) in [6.45, 7) is 10.00. The lowest BCUT2D eigenvalue weighted by Crippen LogP contribution is -2.35. The molecule has 0 radical (unpaired) electrons. The Morgan fingerprint density at radius 2 is 2.00 bits per heavy atom. The molecule has 0 heterocycles. The number of ether oxygens (including phenoxy) is 1. The van der Waals surface area contributed by atoms with Gasteiger partial charge in [0.2, 0.25) is 0 Å². The van der Waals surface area contributed by atoms with Crippen LogP contribution in [0, 0.1) is 20.8 Å². The smallest absolute Gasteiger partial charge is 0.122 e. The number of aliphatic hydroxyl groups excluding tert-OH is 1. The monoisotopic (exact) mass is 251 g/mol. The highest BCUT2D eigenvalue weighted by molar-refractivity contribution is 5.41. The van der Waals surface area contributed by atoms with Crippen LogP contribution >= 0.6 is 0 Å². The molecule has 0 aliphatic rings. The van der Waals surface area contributed by atoms with Gasteiger partial charge in [0.15, 0.2) is 0 Å². The van der Waals surface area contributed by atoms with Gasteiger partial charge < -0.3 is 15.2 Å². The first-order valence-electron chi connectivity index (χ1n) is 6.63. The molecule has 3 heteroatoms. The van der Waals surface area contributed by atoms with Crippen LogP contribution in [-0.4, -0.2) is 30.9 Å². The van der Waals surface area contributed by atoms with Crippen LogP contribution in [-0.2, 0) is 0 Å². The quantitative estimate of drug-likeness (QED) is 0.781. The second-order valence-electron chi connectivity index (χ2n) is 4.78. The van der Waals surface area contributed by atoms with Crippen molar-refractivity contribution in [2.24, 2.45) is 0 Å². The Bertz CT molecular complexity index is 371. The summed E-state index contributed by atoms with van der Waals surface area (Å²) in [6.07, 6.45) is 0.720. The summed E-state index contributed by atoms with van der Waals surface area (Å²) in [6, 6.07) is 4.45. The standard InChI is InChI=1S/C15H25NO2/c1-5-16-14(6-7-17)10-18-15-9-11(2)8-12(3)13(15)4/h8-9,14,16-17H,5-7,10H2,1-4H3. The summed E-state index contributed by atoms with van der Waals surface area (Å²) in [7, 11) is 0. The van der Waals surface area contributed by atoms with Crippen LogP contribution in [0.1, 0.15) is 30.0 Å². The van der Waals surface area contributed by atoms with Crippen LogP contribution < -0.4 is 10.1 Å². The molecular formula is C15H25NO2. The predicted molar refractivity (Wildman–Crippen MR) is 75.3 cm³/mol. The summed E-state index contributed by atoms with van der Waals surface area (Å²) < 4.78 is 5.89. The first-order chi connectivity index (χ1) is 8.58. The minimum Gasteiger partial charge on any atom is -0.492 e. The van der Waals surface area contributed by atoms with Crippen molar-refractivity contribution in [1.29, 1.82) is 0 Å². The van der Waals surface area contributed by atoms with E-state index in [1.54, 1.807) is 0 Å². The van der Waals surface area contributed by atoms with E-state index < -0.39 is 0 Å². The highest BCUT2D eigenvalue weighted by atomic mass is 16.5. The van der Waals surface area contributed by atoms with Crippen molar-refractivity contribution in [2.45, 2.75) is 40.2 Å².